The van der Waals surface area contributed by atoms with Gasteiger partial charge in [0.15, 0.2) is 6.17 Å². The SMILES string of the molecule is O=C[C@H](CC(=O)O)NC(=O)CN1C(=O)C(NS(=O)(=O)c2c(Cl)cccc2Cl)N=C(c2ccccc2)c2ccccc21. The molecule has 41 heavy (non-hydrogen) atoms. The summed E-state index contributed by atoms with van der Waals surface area (Å²) >= 11 is 12.3. The molecule has 0 saturated carbocycles. The number of halogens is 2. The minimum atomic E-state index is -4.53. The molecule has 1 unspecified atom stereocenters. The van der Waals surface area contributed by atoms with Gasteiger partial charge in [-0.1, -0.05) is 77.8 Å². The van der Waals surface area contributed by atoms with Crippen molar-refractivity contribution in [3.63, 3.8) is 0 Å². The zero-order chi connectivity index (χ0) is 29.7. The molecule has 11 nitrogen and oxygen atoms in total. The van der Waals surface area contributed by atoms with Crippen molar-refractivity contribution in [2.24, 2.45) is 4.99 Å². The summed E-state index contributed by atoms with van der Waals surface area (Å²) in [6.07, 6.45) is -2.17. The molecule has 1 aliphatic heterocycles. The van der Waals surface area contributed by atoms with Crippen LogP contribution in [0.4, 0.5) is 5.69 Å². The molecule has 0 bridgehead atoms. The van der Waals surface area contributed by atoms with Crippen molar-refractivity contribution in [1.82, 2.24) is 10.0 Å². The summed E-state index contributed by atoms with van der Waals surface area (Å²) in [4.78, 5) is 54.2. The number of carbonyl (C=O) groups is 4. The number of carbonyl (C=O) groups excluding carboxylic acids is 3. The van der Waals surface area contributed by atoms with Gasteiger partial charge in [-0.3, -0.25) is 24.3 Å². The van der Waals surface area contributed by atoms with E-state index in [9.17, 15) is 27.6 Å². The van der Waals surface area contributed by atoms with Gasteiger partial charge in [-0.2, -0.15) is 4.72 Å². The van der Waals surface area contributed by atoms with Crippen LogP contribution >= 0.6 is 23.2 Å². The van der Waals surface area contributed by atoms with Gasteiger partial charge in [0.25, 0.3) is 5.91 Å². The number of benzene rings is 3. The van der Waals surface area contributed by atoms with Crippen molar-refractivity contribution in [3.05, 3.63) is 94.0 Å². The topological polar surface area (TPSA) is 162 Å². The summed E-state index contributed by atoms with van der Waals surface area (Å²) in [5, 5.41) is 10.9. The summed E-state index contributed by atoms with van der Waals surface area (Å²) in [5.74, 6) is -3.09. The number of para-hydroxylation sites is 1. The number of fused-ring (bicyclic) bond motifs is 1. The molecule has 2 atom stereocenters. The predicted molar refractivity (Wildman–Crippen MR) is 152 cm³/mol. The first kappa shape index (κ1) is 29.9. The molecule has 4 rings (SSSR count). The van der Waals surface area contributed by atoms with E-state index in [1.807, 2.05) is 0 Å². The second-order valence-electron chi connectivity index (χ2n) is 8.77. The van der Waals surface area contributed by atoms with Gasteiger partial charge >= 0.3 is 5.97 Å². The Kier molecular flexibility index (Phi) is 9.18. The third-order valence-electron chi connectivity index (χ3n) is 5.92. The lowest BCUT2D eigenvalue weighted by Gasteiger charge is -2.25. The number of benzodiazepines with no additional fused rings is 1. The molecule has 3 aromatic rings. The summed E-state index contributed by atoms with van der Waals surface area (Å²) in [6.45, 7) is -0.678. The first-order valence-corrected chi connectivity index (χ1v) is 14.2. The second-order valence-corrected chi connectivity index (χ2v) is 11.2. The fourth-order valence-corrected chi connectivity index (χ4v) is 6.38. The number of aliphatic imine (C=N–C) groups is 1. The number of rotatable bonds is 10. The highest BCUT2D eigenvalue weighted by Crippen LogP contribution is 2.31. The Morgan fingerprint density at radius 1 is 1.00 bits per heavy atom. The Morgan fingerprint density at radius 2 is 1.63 bits per heavy atom. The zero-order valence-electron chi connectivity index (χ0n) is 21.0. The van der Waals surface area contributed by atoms with E-state index in [2.05, 4.69) is 15.0 Å². The van der Waals surface area contributed by atoms with Crippen LogP contribution in [-0.4, -0.2) is 62.1 Å². The highest BCUT2D eigenvalue weighted by atomic mass is 35.5. The number of carboxylic acids is 1. The molecular weight excluding hydrogens is 595 g/mol. The van der Waals surface area contributed by atoms with Crippen molar-refractivity contribution in [2.45, 2.75) is 23.5 Å². The van der Waals surface area contributed by atoms with Crippen molar-refractivity contribution in [2.75, 3.05) is 11.4 Å². The Balaban J connectivity index is 1.81. The fraction of sp³-hybridized carbons (Fsp3) is 0.148. The molecule has 2 amide bonds. The Bertz CT molecular complexity index is 1630. The van der Waals surface area contributed by atoms with Crippen molar-refractivity contribution in [3.8, 4) is 0 Å². The van der Waals surface area contributed by atoms with E-state index in [0.29, 0.717) is 11.1 Å². The van der Waals surface area contributed by atoms with Crippen LogP contribution in [-0.2, 0) is 29.2 Å². The van der Waals surface area contributed by atoms with Crippen LogP contribution in [0.5, 0.6) is 0 Å². The van der Waals surface area contributed by atoms with Gasteiger partial charge in [0.05, 0.1) is 33.9 Å². The van der Waals surface area contributed by atoms with Gasteiger partial charge in [-0.05, 0) is 18.2 Å². The average molecular weight is 617 g/mol. The number of sulfonamides is 1. The summed E-state index contributed by atoms with van der Waals surface area (Å²) in [7, 11) is -4.53. The summed E-state index contributed by atoms with van der Waals surface area (Å²) in [6, 6.07) is 18.0. The van der Waals surface area contributed by atoms with Gasteiger partial charge < -0.3 is 15.2 Å². The Labute approximate surface area is 244 Å². The second kappa shape index (κ2) is 12.6. The lowest BCUT2D eigenvalue weighted by Crippen LogP contribution is -2.51. The van der Waals surface area contributed by atoms with E-state index in [-0.39, 0.29) is 27.7 Å². The smallest absolute Gasteiger partial charge is 0.305 e. The summed E-state index contributed by atoms with van der Waals surface area (Å²) in [5.41, 5.74) is 1.46. The maximum atomic E-state index is 13.9. The van der Waals surface area contributed by atoms with Gasteiger partial charge in [0.2, 0.25) is 15.9 Å². The van der Waals surface area contributed by atoms with Crippen LogP contribution < -0.4 is 14.9 Å². The zero-order valence-corrected chi connectivity index (χ0v) is 23.4. The van der Waals surface area contributed by atoms with Crippen LogP contribution in [0.3, 0.4) is 0 Å². The minimum Gasteiger partial charge on any atom is -0.481 e. The fourth-order valence-electron chi connectivity index (χ4n) is 4.16. The third kappa shape index (κ3) is 6.80. The molecule has 3 aromatic carbocycles. The van der Waals surface area contributed by atoms with E-state index in [1.165, 1.54) is 18.2 Å². The van der Waals surface area contributed by atoms with E-state index < -0.39 is 57.9 Å². The lowest BCUT2D eigenvalue weighted by molar-refractivity contribution is -0.138. The number of anilines is 1. The van der Waals surface area contributed by atoms with Gasteiger partial charge in [0, 0.05) is 11.1 Å². The van der Waals surface area contributed by atoms with E-state index >= 15 is 0 Å². The van der Waals surface area contributed by atoms with Crippen molar-refractivity contribution in [1.29, 1.82) is 0 Å². The molecule has 14 heteroatoms. The average Bonchev–Trinajstić information content (AvgIpc) is 3.03. The number of nitrogens with zero attached hydrogens (tertiary/aromatic N) is 2. The molecule has 0 fully saturated rings. The standard InChI is InChI=1S/C27H22Cl2N4O7S/c28-19-10-6-11-20(29)25(19)41(39,40)32-26-27(38)33(14-22(35)30-17(15-34)13-23(36)37)21-12-5-4-9-18(21)24(31-26)16-7-2-1-3-8-16/h1-12,15,17,26,32H,13-14H2,(H,30,35)(H,36,37)/t17-,26?/m0/s1. The molecule has 0 aliphatic carbocycles. The van der Waals surface area contributed by atoms with E-state index in [1.54, 1.807) is 54.6 Å². The number of carboxylic acid groups (broad SMARTS) is 1. The molecule has 1 aliphatic rings. The number of aliphatic carboxylic acids is 1. The predicted octanol–water partition coefficient (Wildman–Crippen LogP) is 2.64. The molecule has 0 spiro atoms. The molecule has 0 aromatic heterocycles. The monoisotopic (exact) mass is 616 g/mol. The van der Waals surface area contributed by atoms with Gasteiger partial charge in [-0.15, -0.1) is 0 Å². The molecule has 0 radical (unpaired) electrons. The van der Waals surface area contributed by atoms with E-state index in [0.717, 1.165) is 4.90 Å². The van der Waals surface area contributed by atoms with Crippen LogP contribution in [0, 0.1) is 0 Å². The molecule has 212 valence electrons. The Morgan fingerprint density at radius 3 is 2.27 bits per heavy atom. The van der Waals surface area contributed by atoms with Crippen LogP contribution in [0.1, 0.15) is 17.5 Å². The van der Waals surface area contributed by atoms with Crippen LogP contribution in [0.15, 0.2) is 82.7 Å². The maximum absolute atomic E-state index is 13.9. The maximum Gasteiger partial charge on any atom is 0.305 e. The van der Waals surface area contributed by atoms with Crippen molar-refractivity contribution >= 4 is 68.7 Å². The minimum absolute atomic E-state index is 0.184. The Hall–Kier alpha value is -4.10. The van der Waals surface area contributed by atoms with E-state index in [4.69, 9.17) is 28.3 Å². The number of hydrogen-bond acceptors (Lipinski definition) is 7. The van der Waals surface area contributed by atoms with Crippen LogP contribution in [0.2, 0.25) is 10.0 Å². The normalized spacial score (nSPS) is 15.8. The first-order chi connectivity index (χ1) is 19.5. The molecular formula is C27H22Cl2N4O7S. The highest BCUT2D eigenvalue weighted by Gasteiger charge is 2.37. The third-order valence-corrected chi connectivity index (χ3v) is 8.28. The molecule has 3 N–H and O–H groups in total. The van der Waals surface area contributed by atoms with Crippen LogP contribution in [0.25, 0.3) is 0 Å². The van der Waals surface area contributed by atoms with Gasteiger partial charge in [-0.25, -0.2) is 8.42 Å². The van der Waals surface area contributed by atoms with Gasteiger partial charge in [0.1, 0.15) is 17.7 Å². The lowest BCUT2D eigenvalue weighted by atomic mass is 10.0. The van der Waals surface area contributed by atoms with Crippen molar-refractivity contribution < 1.29 is 32.7 Å². The largest absolute Gasteiger partial charge is 0.481 e. The molecule has 1 heterocycles. The quantitative estimate of drug-likeness (QED) is 0.295. The number of amides is 2. The highest BCUT2D eigenvalue weighted by molar-refractivity contribution is 7.89. The summed E-state index contributed by atoms with van der Waals surface area (Å²) < 4.78 is 29.1. The number of aldehydes is 1. The number of nitrogens with one attached hydrogen (secondary N) is 2. The molecule has 0 saturated heterocycles. The first-order valence-electron chi connectivity index (χ1n) is 12.0. The number of hydrogen-bond donors (Lipinski definition) is 3.